The summed E-state index contributed by atoms with van der Waals surface area (Å²) >= 11 is 0. The molecule has 0 spiro atoms. The van der Waals surface area contributed by atoms with E-state index in [1.54, 1.807) is 0 Å². The summed E-state index contributed by atoms with van der Waals surface area (Å²) in [5, 5.41) is 3.56. The van der Waals surface area contributed by atoms with Crippen molar-refractivity contribution in [1.82, 2.24) is 15.1 Å². The number of likely N-dealkylation sites (N-methyl/N-ethyl adjacent to an activating group) is 1. The largest absolute Gasteiger partial charge is 0.380 e. The third-order valence-corrected chi connectivity index (χ3v) is 4.39. The lowest BCUT2D eigenvalue weighted by Crippen LogP contribution is -2.59. The Hall–Kier alpha value is -0.160. The van der Waals surface area contributed by atoms with Gasteiger partial charge in [0, 0.05) is 51.4 Å². The lowest BCUT2D eigenvalue weighted by molar-refractivity contribution is 0.0351. The molecule has 2 fully saturated rings. The summed E-state index contributed by atoms with van der Waals surface area (Å²) in [6.07, 6.45) is 1.57. The Labute approximate surface area is 105 Å². The number of nitrogens with one attached hydrogen (secondary N) is 1. The minimum absolute atomic E-state index is 0.303. The van der Waals surface area contributed by atoms with Crippen molar-refractivity contribution in [2.24, 2.45) is 0 Å². The molecule has 2 rings (SSSR count). The van der Waals surface area contributed by atoms with Gasteiger partial charge < -0.3 is 10.1 Å². The summed E-state index contributed by atoms with van der Waals surface area (Å²) in [5.41, 5.74) is 0.303. The van der Waals surface area contributed by atoms with Crippen molar-refractivity contribution in [1.29, 1.82) is 0 Å². The maximum absolute atomic E-state index is 5.40. The molecular formula is C13H27N3O. The van der Waals surface area contributed by atoms with Crippen LogP contribution in [0.3, 0.4) is 0 Å². The Kier molecular flexibility index (Phi) is 4.08. The van der Waals surface area contributed by atoms with E-state index in [0.29, 0.717) is 17.7 Å². The van der Waals surface area contributed by atoms with Crippen LogP contribution in [0.25, 0.3) is 0 Å². The molecule has 0 aromatic heterocycles. The Morgan fingerprint density at radius 3 is 2.71 bits per heavy atom. The molecule has 17 heavy (non-hydrogen) atoms. The molecule has 2 heterocycles. The fraction of sp³-hybridized carbons (Fsp3) is 1.00. The zero-order valence-corrected chi connectivity index (χ0v) is 11.7. The Balaban J connectivity index is 1.80. The van der Waals surface area contributed by atoms with Gasteiger partial charge in [0.15, 0.2) is 0 Å². The molecule has 0 radical (unpaired) electrons. The molecule has 2 unspecified atom stereocenters. The third kappa shape index (κ3) is 3.19. The van der Waals surface area contributed by atoms with Crippen LogP contribution in [0.4, 0.5) is 0 Å². The second-order valence-electron chi connectivity index (χ2n) is 6.17. The molecule has 0 aromatic carbocycles. The van der Waals surface area contributed by atoms with Crippen molar-refractivity contribution < 1.29 is 4.74 Å². The lowest BCUT2D eigenvalue weighted by Gasteiger charge is -2.46. The molecular weight excluding hydrogens is 214 g/mol. The van der Waals surface area contributed by atoms with Crippen molar-refractivity contribution in [3.05, 3.63) is 0 Å². The van der Waals surface area contributed by atoms with Crippen LogP contribution in [0.2, 0.25) is 0 Å². The molecule has 0 aliphatic carbocycles. The van der Waals surface area contributed by atoms with E-state index in [0.717, 1.165) is 19.5 Å². The molecule has 4 heteroatoms. The molecule has 100 valence electrons. The highest BCUT2D eigenvalue weighted by Crippen LogP contribution is 2.20. The SMILES string of the molecule is COC1CNC(CN2CCN(C)C(C)(C)C2)C1. The van der Waals surface area contributed by atoms with Gasteiger partial charge in [-0.2, -0.15) is 0 Å². The van der Waals surface area contributed by atoms with Crippen LogP contribution in [-0.2, 0) is 4.74 Å². The Bertz CT molecular complexity index is 257. The van der Waals surface area contributed by atoms with Crippen molar-refractivity contribution >= 4 is 0 Å². The van der Waals surface area contributed by atoms with Gasteiger partial charge in [-0.3, -0.25) is 9.80 Å². The number of rotatable bonds is 3. The molecule has 4 nitrogen and oxygen atoms in total. The molecule has 2 atom stereocenters. The van der Waals surface area contributed by atoms with E-state index in [9.17, 15) is 0 Å². The fourth-order valence-electron chi connectivity index (χ4n) is 2.91. The fourth-order valence-corrected chi connectivity index (χ4v) is 2.91. The van der Waals surface area contributed by atoms with Gasteiger partial charge in [-0.25, -0.2) is 0 Å². The van der Waals surface area contributed by atoms with Crippen LogP contribution in [0.1, 0.15) is 20.3 Å². The summed E-state index contributed by atoms with van der Waals surface area (Å²) in [5.74, 6) is 0. The maximum Gasteiger partial charge on any atom is 0.0711 e. The van der Waals surface area contributed by atoms with Crippen LogP contribution in [0.15, 0.2) is 0 Å². The van der Waals surface area contributed by atoms with Gasteiger partial charge in [-0.15, -0.1) is 0 Å². The van der Waals surface area contributed by atoms with Gasteiger partial charge in [0.1, 0.15) is 0 Å². The normalized spacial score (nSPS) is 35.3. The number of nitrogens with zero attached hydrogens (tertiary/aromatic N) is 2. The number of methoxy groups -OCH3 is 1. The average Bonchev–Trinajstić information content (AvgIpc) is 2.71. The smallest absolute Gasteiger partial charge is 0.0711 e. The molecule has 0 bridgehead atoms. The number of ether oxygens (including phenoxy) is 1. The van der Waals surface area contributed by atoms with Crippen molar-refractivity contribution in [2.45, 2.75) is 38.0 Å². The molecule has 0 saturated carbocycles. The summed E-state index contributed by atoms with van der Waals surface area (Å²) in [4.78, 5) is 5.05. The van der Waals surface area contributed by atoms with Crippen LogP contribution in [0.5, 0.6) is 0 Å². The Morgan fingerprint density at radius 2 is 2.12 bits per heavy atom. The zero-order valence-electron chi connectivity index (χ0n) is 11.7. The predicted molar refractivity (Wildman–Crippen MR) is 70.4 cm³/mol. The monoisotopic (exact) mass is 241 g/mol. The van der Waals surface area contributed by atoms with Gasteiger partial charge >= 0.3 is 0 Å². The zero-order chi connectivity index (χ0) is 12.5. The molecule has 2 saturated heterocycles. The maximum atomic E-state index is 5.40. The van der Waals surface area contributed by atoms with E-state index in [1.165, 1.54) is 19.6 Å². The van der Waals surface area contributed by atoms with Crippen molar-refractivity contribution in [2.75, 3.05) is 46.9 Å². The molecule has 1 N–H and O–H groups in total. The highest BCUT2D eigenvalue weighted by Gasteiger charge is 2.33. The van der Waals surface area contributed by atoms with E-state index in [4.69, 9.17) is 4.74 Å². The van der Waals surface area contributed by atoms with E-state index in [-0.39, 0.29) is 0 Å². The second kappa shape index (κ2) is 5.22. The number of hydrogen-bond acceptors (Lipinski definition) is 4. The highest BCUT2D eigenvalue weighted by atomic mass is 16.5. The van der Waals surface area contributed by atoms with Gasteiger partial charge in [0.2, 0.25) is 0 Å². The van der Waals surface area contributed by atoms with Crippen molar-refractivity contribution in [3.63, 3.8) is 0 Å². The lowest BCUT2D eigenvalue weighted by atomic mass is 9.99. The van der Waals surface area contributed by atoms with E-state index < -0.39 is 0 Å². The average molecular weight is 241 g/mol. The van der Waals surface area contributed by atoms with Gasteiger partial charge in [-0.05, 0) is 27.3 Å². The first kappa shape index (κ1) is 13.3. The quantitative estimate of drug-likeness (QED) is 0.773. The summed E-state index contributed by atoms with van der Waals surface area (Å²) in [7, 11) is 4.04. The van der Waals surface area contributed by atoms with E-state index in [1.807, 2.05) is 7.11 Å². The van der Waals surface area contributed by atoms with Crippen LogP contribution >= 0.6 is 0 Å². The Morgan fingerprint density at radius 1 is 1.35 bits per heavy atom. The molecule has 0 amide bonds. The second-order valence-corrected chi connectivity index (χ2v) is 6.17. The minimum atomic E-state index is 0.303. The molecule has 2 aliphatic rings. The van der Waals surface area contributed by atoms with E-state index in [2.05, 4.69) is 36.0 Å². The van der Waals surface area contributed by atoms with Gasteiger partial charge in [0.05, 0.1) is 6.10 Å². The topological polar surface area (TPSA) is 27.7 Å². The minimum Gasteiger partial charge on any atom is -0.380 e. The number of piperazine rings is 1. The van der Waals surface area contributed by atoms with Crippen molar-refractivity contribution in [3.8, 4) is 0 Å². The predicted octanol–water partition coefficient (Wildman–Crippen LogP) is 0.389. The molecule has 2 aliphatic heterocycles. The van der Waals surface area contributed by atoms with Crippen LogP contribution < -0.4 is 5.32 Å². The third-order valence-electron chi connectivity index (χ3n) is 4.39. The summed E-state index contributed by atoms with van der Waals surface area (Å²) < 4.78 is 5.40. The van der Waals surface area contributed by atoms with Crippen LogP contribution in [0, 0.1) is 0 Å². The number of hydrogen-bond donors (Lipinski definition) is 1. The summed E-state index contributed by atoms with van der Waals surface area (Å²) in [6.45, 7) is 10.4. The summed E-state index contributed by atoms with van der Waals surface area (Å²) in [6, 6.07) is 0.610. The molecule has 0 aromatic rings. The first-order valence-electron chi connectivity index (χ1n) is 6.71. The first-order valence-corrected chi connectivity index (χ1v) is 6.71. The van der Waals surface area contributed by atoms with Gasteiger partial charge in [0.25, 0.3) is 0 Å². The van der Waals surface area contributed by atoms with Crippen LogP contribution in [-0.4, -0.2) is 74.4 Å². The van der Waals surface area contributed by atoms with Gasteiger partial charge in [-0.1, -0.05) is 0 Å². The first-order chi connectivity index (χ1) is 8.01. The van der Waals surface area contributed by atoms with E-state index >= 15 is 0 Å². The highest BCUT2D eigenvalue weighted by molar-refractivity contribution is 4.91. The standard InChI is InChI=1S/C13H27N3O/c1-13(2)10-16(6-5-15(13)3)9-11-7-12(17-4)8-14-11/h11-12,14H,5-10H2,1-4H3.